The lowest BCUT2D eigenvalue weighted by molar-refractivity contribution is -0.168. The van der Waals surface area contributed by atoms with E-state index in [1.54, 1.807) is 30.3 Å². The van der Waals surface area contributed by atoms with Crippen LogP contribution in [0.5, 0.6) is 0 Å². The van der Waals surface area contributed by atoms with E-state index >= 15 is 0 Å². The molecule has 1 fully saturated rings. The van der Waals surface area contributed by atoms with Crippen molar-refractivity contribution in [2.75, 3.05) is 6.54 Å². The molecule has 2 aromatic rings. The molecule has 8 heteroatoms. The van der Waals surface area contributed by atoms with E-state index in [9.17, 15) is 14.8 Å². The van der Waals surface area contributed by atoms with Gasteiger partial charge in [0.2, 0.25) is 0 Å². The van der Waals surface area contributed by atoms with Gasteiger partial charge >= 0.3 is 0 Å². The molecule has 1 N–H and O–H groups in total. The lowest BCUT2D eigenvalue weighted by Gasteiger charge is -2.25. The fourth-order valence-corrected chi connectivity index (χ4v) is 4.04. The number of hydroxylamine groups is 2. The average molecular weight is 402 g/mol. The van der Waals surface area contributed by atoms with Crippen LogP contribution in [-0.4, -0.2) is 33.5 Å². The van der Waals surface area contributed by atoms with Crippen LogP contribution < -0.4 is 0 Å². The van der Waals surface area contributed by atoms with Crippen LogP contribution in [0.3, 0.4) is 0 Å². The zero-order valence-corrected chi connectivity index (χ0v) is 14.2. The van der Waals surface area contributed by atoms with Crippen LogP contribution in [0.15, 0.2) is 40.2 Å². The molecule has 0 spiro atoms. The van der Waals surface area contributed by atoms with Crippen molar-refractivity contribution in [1.29, 1.82) is 0 Å². The van der Waals surface area contributed by atoms with Gasteiger partial charge in [-0.1, -0.05) is 23.7 Å². The van der Waals surface area contributed by atoms with E-state index in [4.69, 9.17) is 11.6 Å². The molecule has 0 bridgehead atoms. The first-order chi connectivity index (χ1) is 10.5. The molecule has 114 valence electrons. The summed E-state index contributed by atoms with van der Waals surface area (Å²) in [5.74, 6) is -0.931. The summed E-state index contributed by atoms with van der Waals surface area (Å²) in [6, 6.07) is 8.39. The fraction of sp³-hybridized carbons (Fsp3) is 0.143. The first-order valence-corrected chi connectivity index (χ1v) is 8.34. The topological polar surface area (TPSA) is 60.9 Å². The molecule has 0 aliphatic carbocycles. The number of amides is 2. The van der Waals surface area contributed by atoms with Gasteiger partial charge in [-0.25, -0.2) is 0 Å². The summed E-state index contributed by atoms with van der Waals surface area (Å²) < 4.78 is 0.824. The second-order valence-corrected chi connectivity index (χ2v) is 6.96. The predicted octanol–water partition coefficient (Wildman–Crippen LogP) is 3.54. The van der Waals surface area contributed by atoms with Gasteiger partial charge in [-0.3, -0.25) is 14.8 Å². The largest absolute Gasteiger partial charge is 0.302 e. The molecule has 1 aliphatic rings. The maximum absolute atomic E-state index is 12.7. The van der Waals surface area contributed by atoms with E-state index in [0.717, 1.165) is 4.47 Å². The summed E-state index contributed by atoms with van der Waals surface area (Å²) in [6.45, 7) is -0.194. The molecule has 1 atom stereocenters. The van der Waals surface area contributed by atoms with Gasteiger partial charge in [-0.05, 0) is 34.1 Å². The zero-order chi connectivity index (χ0) is 15.9. The monoisotopic (exact) mass is 400 g/mol. The molecule has 1 aromatic carbocycles. The number of nitrogens with zero attached hydrogens (tertiary/aromatic N) is 2. The average Bonchev–Trinajstić information content (AvgIpc) is 3.03. The normalized spacial score (nSPS) is 18.1. The lowest BCUT2D eigenvalue weighted by atomic mass is 10.2. The Hall–Kier alpha value is -1.41. The molecule has 0 radical (unpaired) electrons. The van der Waals surface area contributed by atoms with Gasteiger partial charge in [0.25, 0.3) is 11.8 Å². The Bertz CT molecular complexity index is 751. The molecule has 1 aromatic heterocycles. The number of hydrogen-bond acceptors (Lipinski definition) is 4. The number of thiophene rings is 1. The summed E-state index contributed by atoms with van der Waals surface area (Å²) in [4.78, 5) is 26.5. The summed E-state index contributed by atoms with van der Waals surface area (Å²) in [7, 11) is 0. The summed E-state index contributed by atoms with van der Waals surface area (Å²) in [5.41, 5.74) is 0.299. The number of benzene rings is 1. The number of hydrogen-bond donors (Lipinski definition) is 1. The summed E-state index contributed by atoms with van der Waals surface area (Å²) >= 11 is 10.7. The number of rotatable bonds is 2. The highest BCUT2D eigenvalue weighted by Gasteiger charge is 2.42. The Morgan fingerprint density at radius 1 is 1.41 bits per heavy atom. The smallest absolute Gasteiger partial charge is 0.267 e. The number of carbonyl (C=O) groups excluding carboxylic acids is 2. The van der Waals surface area contributed by atoms with Gasteiger partial charge in [0.15, 0.2) is 6.17 Å². The molecule has 1 aliphatic heterocycles. The van der Waals surface area contributed by atoms with Crippen molar-refractivity contribution in [2.45, 2.75) is 6.17 Å². The second-order valence-electron chi connectivity index (χ2n) is 4.69. The first kappa shape index (κ1) is 15.5. The Morgan fingerprint density at radius 3 is 2.77 bits per heavy atom. The highest BCUT2D eigenvalue weighted by Crippen LogP contribution is 2.36. The number of carbonyl (C=O) groups is 2. The third-order valence-electron chi connectivity index (χ3n) is 3.30. The molecule has 0 saturated carbocycles. The molecular weight excluding hydrogens is 392 g/mol. The fourth-order valence-electron chi connectivity index (χ4n) is 2.28. The molecule has 22 heavy (non-hydrogen) atoms. The molecule has 2 amide bonds. The summed E-state index contributed by atoms with van der Waals surface area (Å²) in [5, 5.41) is 12.7. The van der Waals surface area contributed by atoms with Crippen LogP contribution in [0.1, 0.15) is 21.4 Å². The Kier molecular flexibility index (Phi) is 4.22. The lowest BCUT2D eigenvalue weighted by Crippen LogP contribution is -2.34. The molecule has 3 rings (SSSR count). The Balaban J connectivity index is 1.99. The van der Waals surface area contributed by atoms with Gasteiger partial charge in [-0.2, -0.15) is 5.06 Å². The van der Waals surface area contributed by atoms with Crippen molar-refractivity contribution in [3.63, 3.8) is 0 Å². The van der Waals surface area contributed by atoms with Crippen LogP contribution in [-0.2, 0) is 4.79 Å². The predicted molar refractivity (Wildman–Crippen MR) is 85.9 cm³/mol. The molecular formula is C14H10BrClN2O3S. The van der Waals surface area contributed by atoms with Crippen molar-refractivity contribution in [2.24, 2.45) is 0 Å². The molecule has 5 nitrogen and oxygen atoms in total. The van der Waals surface area contributed by atoms with Crippen LogP contribution in [0.4, 0.5) is 0 Å². The zero-order valence-electron chi connectivity index (χ0n) is 11.1. The van der Waals surface area contributed by atoms with Crippen LogP contribution in [0.25, 0.3) is 0 Å². The minimum absolute atomic E-state index is 0.194. The Labute approximate surface area is 143 Å². The van der Waals surface area contributed by atoms with E-state index in [1.807, 2.05) is 5.38 Å². The standard InChI is InChI=1S/C14H10BrClN2O3S/c15-8-5-11(22-7-8)13-17(6-12(19)18(13)21)14(20)9-3-1-2-4-10(9)16/h1-5,7,13,21H,6H2. The van der Waals surface area contributed by atoms with E-state index in [2.05, 4.69) is 15.9 Å². The highest BCUT2D eigenvalue weighted by molar-refractivity contribution is 9.10. The van der Waals surface area contributed by atoms with Crippen LogP contribution in [0.2, 0.25) is 5.02 Å². The van der Waals surface area contributed by atoms with Crippen molar-refractivity contribution >= 4 is 50.7 Å². The first-order valence-electron chi connectivity index (χ1n) is 6.29. The number of halogens is 2. The molecule has 1 unspecified atom stereocenters. The van der Waals surface area contributed by atoms with Gasteiger partial charge in [-0.15, -0.1) is 11.3 Å². The summed E-state index contributed by atoms with van der Waals surface area (Å²) in [6.07, 6.45) is -0.840. The van der Waals surface area contributed by atoms with E-state index < -0.39 is 18.0 Å². The van der Waals surface area contributed by atoms with Crippen LogP contribution >= 0.6 is 38.9 Å². The third kappa shape index (κ3) is 2.65. The maximum Gasteiger partial charge on any atom is 0.267 e. The van der Waals surface area contributed by atoms with Crippen LogP contribution in [0, 0.1) is 0 Å². The highest BCUT2D eigenvalue weighted by atomic mass is 79.9. The van der Waals surface area contributed by atoms with Crippen molar-refractivity contribution in [1.82, 2.24) is 9.96 Å². The van der Waals surface area contributed by atoms with Gasteiger partial charge in [0, 0.05) is 9.85 Å². The van der Waals surface area contributed by atoms with E-state index in [0.29, 0.717) is 20.5 Å². The maximum atomic E-state index is 12.7. The minimum Gasteiger partial charge on any atom is -0.302 e. The van der Waals surface area contributed by atoms with E-state index in [1.165, 1.54) is 16.2 Å². The minimum atomic E-state index is -0.840. The van der Waals surface area contributed by atoms with E-state index in [-0.39, 0.29) is 6.54 Å². The van der Waals surface area contributed by atoms with Gasteiger partial charge in [0.1, 0.15) is 6.54 Å². The molecule has 2 heterocycles. The van der Waals surface area contributed by atoms with Crippen molar-refractivity contribution in [3.8, 4) is 0 Å². The van der Waals surface area contributed by atoms with Gasteiger partial charge in [0.05, 0.1) is 15.5 Å². The Morgan fingerprint density at radius 2 is 2.14 bits per heavy atom. The third-order valence-corrected chi connectivity index (χ3v) is 5.36. The second kappa shape index (κ2) is 6.00. The van der Waals surface area contributed by atoms with Gasteiger partial charge < -0.3 is 4.90 Å². The SMILES string of the molecule is O=C1CN(C(=O)c2ccccc2Cl)C(c2cc(Br)cs2)N1O. The van der Waals surface area contributed by atoms with Crippen molar-refractivity contribution < 1.29 is 14.8 Å². The quantitative estimate of drug-likeness (QED) is 0.783. The van der Waals surface area contributed by atoms with Crippen molar-refractivity contribution in [3.05, 3.63) is 55.6 Å². The molecule has 1 saturated heterocycles.